The van der Waals surface area contributed by atoms with Crippen molar-refractivity contribution in [3.8, 4) is 5.75 Å². The molecule has 0 saturated carbocycles. The van der Waals surface area contributed by atoms with Crippen LogP contribution in [0.3, 0.4) is 0 Å². The van der Waals surface area contributed by atoms with Gasteiger partial charge in [-0.1, -0.05) is 5.16 Å². The first kappa shape index (κ1) is 10.4. The summed E-state index contributed by atoms with van der Waals surface area (Å²) in [5, 5.41) is 12.5. The highest BCUT2D eigenvalue weighted by Crippen LogP contribution is 2.07. The number of phenolic OH excluding ortho intramolecular Hbond substituents is 1. The molecule has 0 amide bonds. The molecule has 66 valence electrons. The smallest absolute Gasteiger partial charge is 0.115 e. The Kier molecular flexibility index (Phi) is 4.48. The van der Waals surface area contributed by atoms with Gasteiger partial charge in [-0.3, -0.25) is 0 Å². The summed E-state index contributed by atoms with van der Waals surface area (Å²) in [6.45, 7) is 0. The van der Waals surface area contributed by atoms with Crippen molar-refractivity contribution in [2.24, 2.45) is 5.16 Å². The molecular formula is C8H11NO3. The van der Waals surface area contributed by atoms with Crippen molar-refractivity contribution in [2.45, 2.75) is 0 Å². The van der Waals surface area contributed by atoms with E-state index in [4.69, 9.17) is 5.11 Å². The van der Waals surface area contributed by atoms with Gasteiger partial charge >= 0.3 is 0 Å². The van der Waals surface area contributed by atoms with E-state index in [1.54, 1.807) is 30.5 Å². The van der Waals surface area contributed by atoms with Crippen molar-refractivity contribution in [1.82, 2.24) is 0 Å². The third-order valence-corrected chi connectivity index (χ3v) is 1.20. The molecule has 3 N–H and O–H groups in total. The molecule has 0 atom stereocenters. The molecule has 0 saturated heterocycles. The second kappa shape index (κ2) is 5.15. The third-order valence-electron chi connectivity index (χ3n) is 1.20. The van der Waals surface area contributed by atoms with Crippen LogP contribution in [0.15, 0.2) is 29.4 Å². The topological polar surface area (TPSA) is 73.3 Å². The Morgan fingerprint density at radius 1 is 1.33 bits per heavy atom. The normalized spacial score (nSPS) is 9.42. The van der Waals surface area contributed by atoms with Crippen LogP contribution >= 0.6 is 0 Å². The van der Waals surface area contributed by atoms with Gasteiger partial charge in [-0.15, -0.1) is 0 Å². The van der Waals surface area contributed by atoms with Crippen molar-refractivity contribution in [3.05, 3.63) is 29.8 Å². The maximum atomic E-state index is 8.91. The molecule has 0 aliphatic heterocycles. The molecule has 0 spiro atoms. The predicted octanol–water partition coefficient (Wildman–Crippen LogP) is 0.548. The van der Waals surface area contributed by atoms with Crippen LogP contribution in [0.4, 0.5) is 0 Å². The standard InChI is InChI=1S/C8H9NO2.H2O/c1-11-9-6-7-2-4-8(10)5-3-7;/h2-6,10H,1H3;1H2. The van der Waals surface area contributed by atoms with E-state index in [1.807, 2.05) is 0 Å². The summed E-state index contributed by atoms with van der Waals surface area (Å²) in [6.07, 6.45) is 1.57. The highest BCUT2D eigenvalue weighted by molar-refractivity contribution is 5.79. The first-order valence-corrected chi connectivity index (χ1v) is 3.18. The van der Waals surface area contributed by atoms with Crippen molar-refractivity contribution >= 4 is 6.21 Å². The van der Waals surface area contributed by atoms with E-state index in [-0.39, 0.29) is 11.2 Å². The van der Waals surface area contributed by atoms with Crippen LogP contribution in [0, 0.1) is 0 Å². The van der Waals surface area contributed by atoms with Crippen molar-refractivity contribution in [2.75, 3.05) is 7.11 Å². The van der Waals surface area contributed by atoms with E-state index >= 15 is 0 Å². The summed E-state index contributed by atoms with van der Waals surface area (Å²) in [6, 6.07) is 6.68. The van der Waals surface area contributed by atoms with Gasteiger partial charge in [-0.2, -0.15) is 0 Å². The van der Waals surface area contributed by atoms with Gasteiger partial charge in [0, 0.05) is 0 Å². The van der Waals surface area contributed by atoms with Gasteiger partial charge in [0.1, 0.15) is 12.9 Å². The number of oxime groups is 1. The summed E-state index contributed by atoms with van der Waals surface area (Å²) in [5.74, 6) is 0.250. The Hall–Kier alpha value is -1.55. The quantitative estimate of drug-likeness (QED) is 0.518. The van der Waals surface area contributed by atoms with Crippen LogP contribution in [0.25, 0.3) is 0 Å². The van der Waals surface area contributed by atoms with Crippen LogP contribution in [0.1, 0.15) is 5.56 Å². The second-order valence-corrected chi connectivity index (χ2v) is 2.01. The number of aromatic hydroxyl groups is 1. The van der Waals surface area contributed by atoms with Gasteiger partial charge in [0.2, 0.25) is 0 Å². The Morgan fingerprint density at radius 2 is 1.92 bits per heavy atom. The van der Waals surface area contributed by atoms with E-state index in [9.17, 15) is 0 Å². The lowest BCUT2D eigenvalue weighted by molar-refractivity contribution is 0.215. The maximum absolute atomic E-state index is 8.91. The minimum absolute atomic E-state index is 0. The molecule has 4 heteroatoms. The summed E-state index contributed by atoms with van der Waals surface area (Å²) in [4.78, 5) is 4.48. The third kappa shape index (κ3) is 3.03. The highest BCUT2D eigenvalue weighted by Gasteiger charge is 1.87. The molecule has 1 aromatic carbocycles. The number of benzene rings is 1. The number of rotatable bonds is 2. The second-order valence-electron chi connectivity index (χ2n) is 2.01. The molecule has 1 rings (SSSR count). The van der Waals surface area contributed by atoms with Crippen LogP contribution in [0.2, 0.25) is 0 Å². The first-order chi connectivity index (χ1) is 5.33. The fraction of sp³-hybridized carbons (Fsp3) is 0.125. The van der Waals surface area contributed by atoms with Gasteiger partial charge in [-0.25, -0.2) is 0 Å². The largest absolute Gasteiger partial charge is 0.508 e. The lowest BCUT2D eigenvalue weighted by Crippen LogP contribution is -1.79. The summed E-state index contributed by atoms with van der Waals surface area (Å²) in [7, 11) is 1.48. The molecule has 0 aliphatic rings. The van der Waals surface area contributed by atoms with Crippen LogP contribution in [-0.4, -0.2) is 23.9 Å². The number of hydrogen-bond donors (Lipinski definition) is 1. The minimum atomic E-state index is 0. The molecule has 0 unspecified atom stereocenters. The molecule has 0 aliphatic carbocycles. The maximum Gasteiger partial charge on any atom is 0.115 e. The highest BCUT2D eigenvalue weighted by atomic mass is 16.6. The number of hydrogen-bond acceptors (Lipinski definition) is 3. The molecule has 4 nitrogen and oxygen atoms in total. The summed E-state index contributed by atoms with van der Waals surface area (Å²) >= 11 is 0. The van der Waals surface area contributed by atoms with E-state index in [0.717, 1.165) is 5.56 Å². The fourth-order valence-electron chi connectivity index (χ4n) is 0.674. The Morgan fingerprint density at radius 3 is 2.42 bits per heavy atom. The lowest BCUT2D eigenvalue weighted by atomic mass is 10.2. The van der Waals surface area contributed by atoms with Crippen molar-refractivity contribution < 1.29 is 15.4 Å². The zero-order chi connectivity index (χ0) is 8.10. The molecule has 1 aromatic rings. The molecular weight excluding hydrogens is 158 g/mol. The zero-order valence-electron chi connectivity index (χ0n) is 6.69. The molecule has 12 heavy (non-hydrogen) atoms. The minimum Gasteiger partial charge on any atom is -0.508 e. The van der Waals surface area contributed by atoms with Crippen LogP contribution in [0.5, 0.6) is 5.75 Å². The van der Waals surface area contributed by atoms with Crippen LogP contribution < -0.4 is 0 Å². The van der Waals surface area contributed by atoms with E-state index in [2.05, 4.69) is 9.99 Å². The SMILES string of the molecule is CON=Cc1ccc(O)cc1.O. The summed E-state index contributed by atoms with van der Waals surface area (Å²) < 4.78 is 0. The average molecular weight is 169 g/mol. The molecule has 0 fully saturated rings. The molecule has 0 radical (unpaired) electrons. The molecule has 0 heterocycles. The van der Waals surface area contributed by atoms with E-state index in [1.165, 1.54) is 7.11 Å². The Balaban J connectivity index is 0.00000121. The van der Waals surface area contributed by atoms with E-state index in [0.29, 0.717) is 0 Å². The van der Waals surface area contributed by atoms with Crippen LogP contribution in [-0.2, 0) is 4.84 Å². The van der Waals surface area contributed by atoms with Gasteiger partial charge < -0.3 is 15.4 Å². The van der Waals surface area contributed by atoms with Gasteiger partial charge in [0.25, 0.3) is 0 Å². The lowest BCUT2D eigenvalue weighted by Gasteiger charge is -1.91. The van der Waals surface area contributed by atoms with Gasteiger partial charge in [0.05, 0.1) is 6.21 Å². The van der Waals surface area contributed by atoms with Crippen molar-refractivity contribution in [1.29, 1.82) is 0 Å². The van der Waals surface area contributed by atoms with Gasteiger partial charge in [0.15, 0.2) is 0 Å². The zero-order valence-corrected chi connectivity index (χ0v) is 6.69. The predicted molar refractivity (Wildman–Crippen MR) is 46.3 cm³/mol. The fourth-order valence-corrected chi connectivity index (χ4v) is 0.674. The van der Waals surface area contributed by atoms with E-state index < -0.39 is 0 Å². The molecule has 0 bridgehead atoms. The number of nitrogens with zero attached hydrogens (tertiary/aromatic N) is 1. The number of phenols is 1. The Labute approximate surface area is 70.4 Å². The molecule has 0 aromatic heterocycles. The monoisotopic (exact) mass is 169 g/mol. The van der Waals surface area contributed by atoms with Gasteiger partial charge in [-0.05, 0) is 29.8 Å². The Bertz CT molecular complexity index is 243. The first-order valence-electron chi connectivity index (χ1n) is 3.18. The summed E-state index contributed by atoms with van der Waals surface area (Å²) in [5.41, 5.74) is 0.893. The van der Waals surface area contributed by atoms with Crippen molar-refractivity contribution in [3.63, 3.8) is 0 Å². The average Bonchev–Trinajstić information content (AvgIpc) is 2.04.